The number of hydrogen-bond acceptors (Lipinski definition) is 8. The van der Waals surface area contributed by atoms with E-state index < -0.39 is 24.5 Å². The summed E-state index contributed by atoms with van der Waals surface area (Å²) < 4.78 is 7.16. The van der Waals surface area contributed by atoms with Gasteiger partial charge in [0.05, 0.1) is 19.0 Å². The Balaban J connectivity index is 1.47. The Bertz CT molecular complexity index is 1010. The van der Waals surface area contributed by atoms with Crippen LogP contribution < -0.4 is 5.32 Å². The quantitative estimate of drug-likeness (QED) is 0.514. The summed E-state index contributed by atoms with van der Waals surface area (Å²) in [5.41, 5.74) is 3.64. The van der Waals surface area contributed by atoms with Gasteiger partial charge in [0.25, 0.3) is 0 Å². The number of imidazole rings is 1. The SMILES string of the molecule is OC[C@H]1O[C@@H](n2cnc3c(N[C@@H]4CCc5ccccc54)ncnc32)C(O)C1O. The van der Waals surface area contributed by atoms with E-state index in [0.717, 1.165) is 12.8 Å². The van der Waals surface area contributed by atoms with Crippen molar-refractivity contribution >= 4 is 17.0 Å². The molecule has 5 rings (SSSR count). The molecule has 28 heavy (non-hydrogen) atoms. The number of aliphatic hydroxyl groups excluding tert-OH is 3. The van der Waals surface area contributed by atoms with Crippen LogP contribution in [-0.2, 0) is 11.2 Å². The van der Waals surface area contributed by atoms with Crippen LogP contribution in [0.15, 0.2) is 36.9 Å². The van der Waals surface area contributed by atoms with Crippen molar-refractivity contribution in [3.8, 4) is 0 Å². The number of nitrogens with one attached hydrogen (secondary N) is 1. The van der Waals surface area contributed by atoms with Crippen LogP contribution in [0.25, 0.3) is 11.2 Å². The van der Waals surface area contributed by atoms with Crippen molar-refractivity contribution in [2.45, 2.75) is 43.4 Å². The van der Waals surface area contributed by atoms with Crippen molar-refractivity contribution in [2.75, 3.05) is 11.9 Å². The maximum atomic E-state index is 10.3. The minimum atomic E-state index is -1.19. The lowest BCUT2D eigenvalue weighted by molar-refractivity contribution is -0.0511. The second-order valence-corrected chi connectivity index (χ2v) is 7.21. The van der Waals surface area contributed by atoms with E-state index in [1.54, 1.807) is 4.57 Å². The van der Waals surface area contributed by atoms with E-state index in [1.165, 1.54) is 23.8 Å². The molecule has 1 fully saturated rings. The van der Waals surface area contributed by atoms with Gasteiger partial charge in [0.1, 0.15) is 24.6 Å². The number of rotatable bonds is 4. The standard InChI is InChI=1S/C19H21N5O4/c25-7-13-15(26)16(27)19(28-13)24-9-22-14-17(20-8-21-18(14)24)23-12-6-5-10-3-1-2-4-11(10)12/h1-4,8-9,12-13,15-16,19,25-27H,5-7H2,(H,20,21,23)/t12-,13-,15?,16?,19-/m1/s1. The van der Waals surface area contributed by atoms with Crippen LogP contribution in [0.2, 0.25) is 0 Å². The van der Waals surface area contributed by atoms with Crippen molar-refractivity contribution in [1.29, 1.82) is 0 Å². The van der Waals surface area contributed by atoms with Gasteiger partial charge in [0.2, 0.25) is 0 Å². The zero-order valence-corrected chi connectivity index (χ0v) is 15.0. The molecule has 0 saturated carbocycles. The lowest BCUT2D eigenvalue weighted by Crippen LogP contribution is -2.33. The highest BCUT2D eigenvalue weighted by Gasteiger charge is 2.44. The van der Waals surface area contributed by atoms with Crippen LogP contribution in [0.1, 0.15) is 29.8 Å². The first-order valence-corrected chi connectivity index (χ1v) is 9.31. The van der Waals surface area contributed by atoms with Gasteiger partial charge in [0, 0.05) is 0 Å². The molecule has 9 nitrogen and oxygen atoms in total. The second-order valence-electron chi connectivity index (χ2n) is 7.21. The smallest absolute Gasteiger partial charge is 0.167 e. The van der Waals surface area contributed by atoms with E-state index in [-0.39, 0.29) is 12.6 Å². The second kappa shape index (κ2) is 6.78. The van der Waals surface area contributed by atoms with Crippen molar-refractivity contribution in [2.24, 2.45) is 0 Å². The Morgan fingerprint density at radius 2 is 2.00 bits per heavy atom. The number of benzene rings is 1. The van der Waals surface area contributed by atoms with Crippen molar-refractivity contribution in [3.63, 3.8) is 0 Å². The molecule has 2 aromatic heterocycles. The highest BCUT2D eigenvalue weighted by Crippen LogP contribution is 2.36. The highest BCUT2D eigenvalue weighted by molar-refractivity contribution is 5.83. The predicted molar refractivity (Wildman–Crippen MR) is 99.5 cm³/mol. The van der Waals surface area contributed by atoms with Gasteiger partial charge in [-0.15, -0.1) is 0 Å². The number of aryl methyl sites for hydroxylation is 1. The Labute approximate surface area is 160 Å². The summed E-state index contributed by atoms with van der Waals surface area (Å²) in [5, 5.41) is 33.1. The number of ether oxygens (including phenoxy) is 1. The lowest BCUT2D eigenvalue weighted by Gasteiger charge is -2.17. The average molecular weight is 383 g/mol. The number of anilines is 1. The van der Waals surface area contributed by atoms with E-state index >= 15 is 0 Å². The number of aliphatic hydroxyl groups is 3. The summed E-state index contributed by atoms with van der Waals surface area (Å²) in [7, 11) is 0. The molecule has 1 saturated heterocycles. The maximum absolute atomic E-state index is 10.3. The lowest BCUT2D eigenvalue weighted by atomic mass is 10.1. The predicted octanol–water partition coefficient (Wildman–Crippen LogP) is 0.537. The van der Waals surface area contributed by atoms with E-state index in [0.29, 0.717) is 17.0 Å². The zero-order chi connectivity index (χ0) is 19.3. The first kappa shape index (κ1) is 17.5. The van der Waals surface area contributed by atoms with E-state index in [1.807, 2.05) is 12.1 Å². The third kappa shape index (κ3) is 2.67. The summed E-state index contributed by atoms with van der Waals surface area (Å²) in [6, 6.07) is 8.49. The van der Waals surface area contributed by atoms with Gasteiger partial charge in [-0.3, -0.25) is 4.57 Å². The van der Waals surface area contributed by atoms with Crippen LogP contribution >= 0.6 is 0 Å². The number of nitrogens with zero attached hydrogens (tertiary/aromatic N) is 4. The summed E-state index contributed by atoms with van der Waals surface area (Å²) in [5.74, 6) is 0.609. The number of hydrogen-bond donors (Lipinski definition) is 4. The molecule has 0 amide bonds. The Morgan fingerprint density at radius 3 is 2.82 bits per heavy atom. The molecule has 1 aliphatic heterocycles. The van der Waals surface area contributed by atoms with Gasteiger partial charge in [0.15, 0.2) is 23.2 Å². The van der Waals surface area contributed by atoms with Gasteiger partial charge in [-0.2, -0.15) is 0 Å². The third-order valence-electron chi connectivity index (χ3n) is 5.59. The Morgan fingerprint density at radius 1 is 1.14 bits per heavy atom. The molecule has 2 aliphatic rings. The molecule has 9 heteroatoms. The minimum absolute atomic E-state index is 0.147. The van der Waals surface area contributed by atoms with Crippen molar-refractivity contribution < 1.29 is 20.1 Å². The topological polar surface area (TPSA) is 126 Å². The molecule has 2 unspecified atom stereocenters. The number of fused-ring (bicyclic) bond motifs is 2. The molecule has 0 radical (unpaired) electrons. The van der Waals surface area contributed by atoms with Crippen LogP contribution in [0.3, 0.4) is 0 Å². The summed E-state index contributed by atoms with van der Waals surface area (Å²) >= 11 is 0. The van der Waals surface area contributed by atoms with Gasteiger partial charge in [-0.1, -0.05) is 24.3 Å². The molecule has 0 bridgehead atoms. The molecule has 3 aromatic rings. The van der Waals surface area contributed by atoms with Crippen molar-refractivity contribution in [1.82, 2.24) is 19.5 Å². The minimum Gasteiger partial charge on any atom is -0.394 e. The number of aromatic nitrogens is 4. The molecule has 5 atom stereocenters. The third-order valence-corrected chi connectivity index (χ3v) is 5.59. The Hall–Kier alpha value is -2.59. The van der Waals surface area contributed by atoms with E-state index in [9.17, 15) is 15.3 Å². The normalized spacial score (nSPS) is 29.3. The first-order chi connectivity index (χ1) is 13.7. The summed E-state index contributed by atoms with van der Waals surface area (Å²) in [6.07, 6.45) is 0.821. The molecular weight excluding hydrogens is 362 g/mol. The monoisotopic (exact) mass is 383 g/mol. The molecule has 0 spiro atoms. The zero-order valence-electron chi connectivity index (χ0n) is 15.0. The summed E-state index contributed by atoms with van der Waals surface area (Å²) in [6.45, 7) is -0.385. The van der Waals surface area contributed by atoms with Crippen LogP contribution in [-0.4, -0.2) is 59.8 Å². The largest absolute Gasteiger partial charge is 0.394 e. The molecule has 1 aromatic carbocycles. The van der Waals surface area contributed by atoms with Gasteiger partial charge < -0.3 is 25.4 Å². The fourth-order valence-electron chi connectivity index (χ4n) is 4.13. The first-order valence-electron chi connectivity index (χ1n) is 9.31. The van der Waals surface area contributed by atoms with Gasteiger partial charge in [-0.25, -0.2) is 15.0 Å². The van der Waals surface area contributed by atoms with E-state index in [2.05, 4.69) is 32.4 Å². The van der Waals surface area contributed by atoms with E-state index in [4.69, 9.17) is 4.74 Å². The van der Waals surface area contributed by atoms with Crippen LogP contribution in [0.4, 0.5) is 5.82 Å². The van der Waals surface area contributed by atoms with Crippen molar-refractivity contribution in [3.05, 3.63) is 48.0 Å². The molecule has 1 aliphatic carbocycles. The average Bonchev–Trinajstić information content (AvgIpc) is 3.40. The fraction of sp³-hybridized carbons (Fsp3) is 0.421. The molecule has 146 valence electrons. The highest BCUT2D eigenvalue weighted by atomic mass is 16.6. The fourth-order valence-corrected chi connectivity index (χ4v) is 4.13. The van der Waals surface area contributed by atoms with Crippen LogP contribution in [0.5, 0.6) is 0 Å². The molecular formula is C19H21N5O4. The summed E-state index contributed by atoms with van der Waals surface area (Å²) in [4.78, 5) is 13.1. The maximum Gasteiger partial charge on any atom is 0.167 e. The Kier molecular flexibility index (Phi) is 4.24. The van der Waals surface area contributed by atoms with Gasteiger partial charge in [-0.05, 0) is 24.0 Å². The van der Waals surface area contributed by atoms with Crippen LogP contribution in [0, 0.1) is 0 Å². The molecule has 3 heterocycles. The molecule has 4 N–H and O–H groups in total. The van der Waals surface area contributed by atoms with Gasteiger partial charge >= 0.3 is 0 Å².